The van der Waals surface area contributed by atoms with Crippen molar-refractivity contribution in [3.63, 3.8) is 0 Å². The molecule has 0 aliphatic heterocycles. The maximum atomic E-state index is 9.44. The number of ether oxygens (including phenoxy) is 2. The van der Waals surface area contributed by atoms with E-state index in [1.807, 2.05) is 27.7 Å². The third kappa shape index (κ3) is 18.5. The summed E-state index contributed by atoms with van der Waals surface area (Å²) in [5, 5.41) is 0. The second kappa shape index (κ2) is 8.20. The van der Waals surface area contributed by atoms with E-state index in [0.717, 1.165) is 0 Å². The quantitative estimate of drug-likeness (QED) is 0.638. The van der Waals surface area contributed by atoms with Crippen LogP contribution in [0.25, 0.3) is 0 Å². The zero-order chi connectivity index (χ0) is 10.9. The maximum absolute atomic E-state index is 9.44. The molecule has 13 heavy (non-hydrogen) atoms. The van der Waals surface area contributed by atoms with E-state index in [1.165, 1.54) is 13.8 Å². The third-order valence-corrected chi connectivity index (χ3v) is 0.984. The minimum atomic E-state index is -0.399. The van der Waals surface area contributed by atoms with Gasteiger partial charge in [0.1, 0.15) is 5.78 Å². The predicted octanol–water partition coefficient (Wildman–Crippen LogP) is 2.39. The molecule has 0 rings (SSSR count). The molecular weight excluding hydrogens is 168 g/mol. The Morgan fingerprint density at radius 1 is 1.08 bits per heavy atom. The summed E-state index contributed by atoms with van der Waals surface area (Å²) >= 11 is 0. The number of carbonyl (C=O) groups is 1. The van der Waals surface area contributed by atoms with Gasteiger partial charge in [0, 0.05) is 13.2 Å². The number of rotatable bonds is 4. The number of hydrogen-bond acceptors (Lipinski definition) is 3. The summed E-state index contributed by atoms with van der Waals surface area (Å²) < 4.78 is 10.5. The Balaban J connectivity index is 0. The Kier molecular flexibility index (Phi) is 9.51. The lowest BCUT2D eigenvalue weighted by Crippen LogP contribution is -2.28. The first-order valence-electron chi connectivity index (χ1n) is 4.60. The Morgan fingerprint density at radius 3 is 1.46 bits per heavy atom. The van der Waals surface area contributed by atoms with Crippen LogP contribution in [-0.4, -0.2) is 24.8 Å². The van der Waals surface area contributed by atoms with Crippen molar-refractivity contribution >= 4 is 5.78 Å². The molecule has 0 aromatic heterocycles. The molecule has 80 valence electrons. The van der Waals surface area contributed by atoms with Gasteiger partial charge in [-0.05, 0) is 41.5 Å². The van der Waals surface area contributed by atoms with E-state index in [2.05, 4.69) is 0 Å². The van der Waals surface area contributed by atoms with Gasteiger partial charge in [-0.3, -0.25) is 0 Å². The molecule has 0 aliphatic rings. The Bertz CT molecular complexity index is 118. The second-order valence-electron chi connectivity index (χ2n) is 3.17. The summed E-state index contributed by atoms with van der Waals surface area (Å²) in [5.41, 5.74) is 0. The van der Waals surface area contributed by atoms with Crippen LogP contribution in [0.3, 0.4) is 0 Å². The minimum Gasteiger partial charge on any atom is -0.351 e. The lowest BCUT2D eigenvalue weighted by molar-refractivity contribution is -0.207. The normalized spacial score (nSPS) is 10.3. The van der Waals surface area contributed by atoms with Crippen LogP contribution >= 0.6 is 0 Å². The molecule has 0 aliphatic carbocycles. The summed E-state index contributed by atoms with van der Waals surface area (Å²) in [6.45, 7) is 12.2. The van der Waals surface area contributed by atoms with Crippen LogP contribution in [0.4, 0.5) is 0 Å². The lowest BCUT2D eigenvalue weighted by Gasteiger charge is -2.23. The predicted molar refractivity (Wildman–Crippen MR) is 53.7 cm³/mol. The Hall–Kier alpha value is -0.410. The van der Waals surface area contributed by atoms with Gasteiger partial charge in [0.2, 0.25) is 0 Å². The molecule has 0 aromatic carbocycles. The van der Waals surface area contributed by atoms with Gasteiger partial charge in [0.25, 0.3) is 0 Å². The molecule has 0 aromatic rings. The number of carbonyl (C=O) groups excluding carboxylic acids is 1. The van der Waals surface area contributed by atoms with Crippen LogP contribution in [0.15, 0.2) is 0 Å². The van der Waals surface area contributed by atoms with Crippen molar-refractivity contribution in [2.45, 2.75) is 47.3 Å². The summed E-state index contributed by atoms with van der Waals surface area (Å²) in [6, 6.07) is 0. The largest absolute Gasteiger partial charge is 0.351 e. The average Bonchev–Trinajstić information content (AvgIpc) is 1.84. The maximum Gasteiger partial charge on any atom is 0.162 e. The molecule has 3 heteroatoms. The van der Waals surface area contributed by atoms with Gasteiger partial charge in [0.15, 0.2) is 5.79 Å². The average molecular weight is 190 g/mol. The summed E-state index contributed by atoms with van der Waals surface area (Å²) in [4.78, 5) is 9.44. The van der Waals surface area contributed by atoms with Crippen molar-refractivity contribution in [2.24, 2.45) is 0 Å². The van der Waals surface area contributed by atoms with E-state index in [1.54, 1.807) is 0 Å². The van der Waals surface area contributed by atoms with E-state index >= 15 is 0 Å². The van der Waals surface area contributed by atoms with Crippen molar-refractivity contribution in [1.82, 2.24) is 0 Å². The van der Waals surface area contributed by atoms with E-state index in [9.17, 15) is 4.79 Å². The van der Waals surface area contributed by atoms with Gasteiger partial charge in [-0.1, -0.05) is 0 Å². The first-order chi connectivity index (χ1) is 5.85. The highest BCUT2D eigenvalue weighted by molar-refractivity contribution is 5.72. The topological polar surface area (TPSA) is 35.5 Å². The molecule has 0 saturated carbocycles. The highest BCUT2D eigenvalue weighted by Gasteiger charge is 2.15. The molecule has 0 saturated heterocycles. The van der Waals surface area contributed by atoms with Crippen LogP contribution in [0.2, 0.25) is 0 Å². The van der Waals surface area contributed by atoms with E-state index < -0.39 is 5.79 Å². The standard InChI is InChI=1S/C7H16O2.C3H6O/c1-5-8-7(3,4)9-6-2;1-3(2)4/h5-6H2,1-4H3;1-2H3. The van der Waals surface area contributed by atoms with Crippen LogP contribution < -0.4 is 0 Å². The monoisotopic (exact) mass is 190 g/mol. The van der Waals surface area contributed by atoms with Gasteiger partial charge >= 0.3 is 0 Å². The molecular formula is C10H22O3. The van der Waals surface area contributed by atoms with Crippen LogP contribution in [0, 0.1) is 0 Å². The van der Waals surface area contributed by atoms with E-state index in [-0.39, 0.29) is 5.78 Å². The van der Waals surface area contributed by atoms with Crippen LogP contribution in [0.1, 0.15) is 41.5 Å². The molecule has 0 heterocycles. The van der Waals surface area contributed by atoms with E-state index in [0.29, 0.717) is 13.2 Å². The molecule has 0 spiro atoms. The van der Waals surface area contributed by atoms with Crippen LogP contribution in [0.5, 0.6) is 0 Å². The molecule has 0 amide bonds. The molecule has 0 N–H and O–H groups in total. The first-order valence-corrected chi connectivity index (χ1v) is 4.60. The number of Topliss-reactive ketones (excluding diaryl/α,β-unsaturated/α-hetero) is 1. The van der Waals surface area contributed by atoms with E-state index in [4.69, 9.17) is 9.47 Å². The van der Waals surface area contributed by atoms with Crippen molar-refractivity contribution in [2.75, 3.05) is 13.2 Å². The molecule has 0 bridgehead atoms. The molecule has 0 unspecified atom stereocenters. The molecule has 3 nitrogen and oxygen atoms in total. The summed E-state index contributed by atoms with van der Waals surface area (Å²) in [6.07, 6.45) is 0. The summed E-state index contributed by atoms with van der Waals surface area (Å²) in [5.74, 6) is -0.233. The number of hydrogen-bond donors (Lipinski definition) is 0. The van der Waals surface area contributed by atoms with Gasteiger partial charge in [-0.25, -0.2) is 0 Å². The van der Waals surface area contributed by atoms with Crippen molar-refractivity contribution in [3.05, 3.63) is 0 Å². The Morgan fingerprint density at radius 2 is 1.31 bits per heavy atom. The lowest BCUT2D eigenvalue weighted by atomic mass is 10.4. The fourth-order valence-corrected chi connectivity index (χ4v) is 0.737. The highest BCUT2D eigenvalue weighted by atomic mass is 16.7. The first kappa shape index (κ1) is 15.1. The Labute approximate surface area is 81.4 Å². The van der Waals surface area contributed by atoms with Gasteiger partial charge in [-0.15, -0.1) is 0 Å². The fourth-order valence-electron chi connectivity index (χ4n) is 0.737. The third-order valence-electron chi connectivity index (χ3n) is 0.984. The molecule has 0 atom stereocenters. The van der Waals surface area contributed by atoms with Crippen molar-refractivity contribution in [3.8, 4) is 0 Å². The zero-order valence-corrected chi connectivity index (χ0v) is 9.64. The fraction of sp³-hybridized carbons (Fsp3) is 0.900. The zero-order valence-electron chi connectivity index (χ0n) is 9.64. The second-order valence-corrected chi connectivity index (χ2v) is 3.17. The molecule has 0 fully saturated rings. The van der Waals surface area contributed by atoms with Gasteiger partial charge in [-0.2, -0.15) is 0 Å². The van der Waals surface area contributed by atoms with Crippen LogP contribution in [-0.2, 0) is 14.3 Å². The van der Waals surface area contributed by atoms with Gasteiger partial charge in [0.05, 0.1) is 0 Å². The highest BCUT2D eigenvalue weighted by Crippen LogP contribution is 2.09. The smallest absolute Gasteiger partial charge is 0.162 e. The van der Waals surface area contributed by atoms with Gasteiger partial charge < -0.3 is 14.3 Å². The molecule has 0 radical (unpaired) electrons. The summed E-state index contributed by atoms with van der Waals surface area (Å²) in [7, 11) is 0. The minimum absolute atomic E-state index is 0.167. The number of ketones is 1. The van der Waals surface area contributed by atoms with Crippen molar-refractivity contribution < 1.29 is 14.3 Å². The SMILES string of the molecule is CC(C)=O.CCOC(C)(C)OCC. The van der Waals surface area contributed by atoms with Crippen molar-refractivity contribution in [1.29, 1.82) is 0 Å².